The summed E-state index contributed by atoms with van der Waals surface area (Å²) >= 11 is 0. The van der Waals surface area contributed by atoms with Gasteiger partial charge < -0.3 is 15.8 Å². The molecule has 0 bridgehead atoms. The van der Waals surface area contributed by atoms with Gasteiger partial charge in [-0.1, -0.05) is 6.07 Å². The fourth-order valence-corrected chi connectivity index (χ4v) is 1.83. The first-order chi connectivity index (χ1) is 10.1. The molecule has 0 aliphatic heterocycles. The number of anilines is 2. The van der Waals surface area contributed by atoms with Crippen LogP contribution in [0.3, 0.4) is 0 Å². The summed E-state index contributed by atoms with van der Waals surface area (Å²) < 4.78 is 4.96. The number of hydrogen-bond donors (Lipinski definition) is 2. The number of rotatable bonds is 5. The molecule has 21 heavy (non-hydrogen) atoms. The van der Waals surface area contributed by atoms with Gasteiger partial charge in [0.2, 0.25) is 0 Å². The van der Waals surface area contributed by atoms with E-state index in [1.54, 1.807) is 13.0 Å². The average Bonchev–Trinajstić information content (AvgIpc) is 2.46. The Balaban J connectivity index is 2.10. The van der Waals surface area contributed by atoms with E-state index < -0.39 is 5.97 Å². The molecule has 0 fully saturated rings. The van der Waals surface area contributed by atoms with Crippen molar-refractivity contribution in [2.24, 2.45) is 0 Å². The highest BCUT2D eigenvalue weighted by Gasteiger charge is 2.12. The summed E-state index contributed by atoms with van der Waals surface area (Å²) in [4.78, 5) is 20.3. The zero-order chi connectivity index (χ0) is 15.2. The van der Waals surface area contributed by atoms with Crippen LogP contribution in [0.1, 0.15) is 28.7 Å². The highest BCUT2D eigenvalue weighted by atomic mass is 16.5. The molecule has 110 valence electrons. The fourth-order valence-electron chi connectivity index (χ4n) is 1.83. The summed E-state index contributed by atoms with van der Waals surface area (Å²) in [5.74, 6) is 0.102. The SMILES string of the molecule is CCOC(=O)c1cc(NCc2cccc(C)n2)ncc1N. The second-order valence-electron chi connectivity index (χ2n) is 4.50. The number of nitrogens with one attached hydrogen (secondary N) is 1. The van der Waals surface area contributed by atoms with E-state index in [-0.39, 0.29) is 0 Å². The standard InChI is InChI=1S/C15H18N4O2/c1-3-21-15(20)12-7-14(18-9-13(12)16)17-8-11-6-4-5-10(2)19-11/h4-7,9H,3,8,16H2,1-2H3,(H,17,18). The average molecular weight is 286 g/mol. The molecule has 3 N–H and O–H groups in total. The smallest absolute Gasteiger partial charge is 0.340 e. The number of pyridine rings is 2. The first-order valence-corrected chi connectivity index (χ1v) is 6.69. The maximum atomic E-state index is 11.8. The molecule has 0 amide bonds. The Hall–Kier alpha value is -2.63. The zero-order valence-electron chi connectivity index (χ0n) is 12.1. The normalized spacial score (nSPS) is 10.2. The molecule has 0 aliphatic rings. The van der Waals surface area contributed by atoms with Crippen LogP contribution in [0.4, 0.5) is 11.5 Å². The highest BCUT2D eigenvalue weighted by Crippen LogP contribution is 2.16. The lowest BCUT2D eigenvalue weighted by Crippen LogP contribution is -2.10. The summed E-state index contributed by atoms with van der Waals surface area (Å²) in [6, 6.07) is 7.39. The molecular weight excluding hydrogens is 268 g/mol. The van der Waals surface area contributed by atoms with E-state index in [0.717, 1.165) is 11.4 Å². The zero-order valence-corrected chi connectivity index (χ0v) is 12.1. The van der Waals surface area contributed by atoms with Crippen molar-refractivity contribution >= 4 is 17.5 Å². The van der Waals surface area contributed by atoms with Gasteiger partial charge in [-0.25, -0.2) is 9.78 Å². The second kappa shape index (κ2) is 6.69. The van der Waals surface area contributed by atoms with Gasteiger partial charge in [0.15, 0.2) is 0 Å². The van der Waals surface area contributed by atoms with Crippen LogP contribution < -0.4 is 11.1 Å². The molecule has 2 aromatic heterocycles. The van der Waals surface area contributed by atoms with Crippen molar-refractivity contribution in [2.75, 3.05) is 17.7 Å². The van der Waals surface area contributed by atoms with E-state index in [4.69, 9.17) is 10.5 Å². The fraction of sp³-hybridized carbons (Fsp3) is 0.267. The molecule has 2 heterocycles. The molecule has 0 saturated carbocycles. The first-order valence-electron chi connectivity index (χ1n) is 6.69. The maximum absolute atomic E-state index is 11.8. The van der Waals surface area contributed by atoms with Crippen LogP contribution in [-0.2, 0) is 11.3 Å². The summed E-state index contributed by atoms with van der Waals surface area (Å²) in [7, 11) is 0. The number of ether oxygens (including phenoxy) is 1. The summed E-state index contributed by atoms with van der Waals surface area (Å²) in [6.45, 7) is 4.50. The molecule has 2 rings (SSSR count). The lowest BCUT2D eigenvalue weighted by atomic mass is 10.2. The van der Waals surface area contributed by atoms with E-state index >= 15 is 0 Å². The molecule has 0 atom stereocenters. The predicted molar refractivity (Wildman–Crippen MR) is 80.9 cm³/mol. The Labute approximate surface area is 123 Å². The van der Waals surface area contributed by atoms with Crippen LogP contribution in [0.15, 0.2) is 30.5 Å². The van der Waals surface area contributed by atoms with E-state index in [1.165, 1.54) is 6.20 Å². The molecule has 0 radical (unpaired) electrons. The maximum Gasteiger partial charge on any atom is 0.340 e. The third kappa shape index (κ3) is 3.92. The monoisotopic (exact) mass is 286 g/mol. The number of nitrogens with two attached hydrogens (primary N) is 1. The molecule has 0 spiro atoms. The number of aryl methyl sites for hydroxylation is 1. The Morgan fingerprint density at radius 2 is 2.24 bits per heavy atom. The van der Waals surface area contributed by atoms with Crippen LogP contribution in [0.25, 0.3) is 0 Å². The van der Waals surface area contributed by atoms with E-state index in [9.17, 15) is 4.79 Å². The van der Waals surface area contributed by atoms with Crippen molar-refractivity contribution in [1.82, 2.24) is 9.97 Å². The number of carbonyl (C=O) groups excluding carboxylic acids is 1. The van der Waals surface area contributed by atoms with Crippen LogP contribution in [0.2, 0.25) is 0 Å². The van der Waals surface area contributed by atoms with Gasteiger partial charge in [0, 0.05) is 5.69 Å². The number of carbonyl (C=O) groups is 1. The number of nitrogens with zero attached hydrogens (tertiary/aromatic N) is 2. The predicted octanol–water partition coefficient (Wildman–Crippen LogP) is 2.16. The topological polar surface area (TPSA) is 90.1 Å². The third-order valence-electron chi connectivity index (χ3n) is 2.83. The summed E-state index contributed by atoms with van der Waals surface area (Å²) in [5.41, 5.74) is 8.20. The van der Waals surface area contributed by atoms with Crippen molar-refractivity contribution in [3.8, 4) is 0 Å². The molecule has 0 aliphatic carbocycles. The highest BCUT2D eigenvalue weighted by molar-refractivity contribution is 5.95. The van der Waals surface area contributed by atoms with Crippen molar-refractivity contribution in [1.29, 1.82) is 0 Å². The molecule has 6 nitrogen and oxygen atoms in total. The van der Waals surface area contributed by atoms with Gasteiger partial charge in [0.05, 0.1) is 36.3 Å². The lowest BCUT2D eigenvalue weighted by molar-refractivity contribution is 0.0527. The number of hydrogen-bond acceptors (Lipinski definition) is 6. The van der Waals surface area contributed by atoms with Crippen molar-refractivity contribution < 1.29 is 9.53 Å². The lowest BCUT2D eigenvalue weighted by Gasteiger charge is -2.09. The van der Waals surface area contributed by atoms with Crippen LogP contribution in [-0.4, -0.2) is 22.5 Å². The molecule has 0 saturated heterocycles. The van der Waals surface area contributed by atoms with E-state index in [1.807, 2.05) is 25.1 Å². The van der Waals surface area contributed by atoms with E-state index in [2.05, 4.69) is 15.3 Å². The van der Waals surface area contributed by atoms with E-state index in [0.29, 0.717) is 30.2 Å². The van der Waals surface area contributed by atoms with Gasteiger partial charge in [-0.3, -0.25) is 4.98 Å². The van der Waals surface area contributed by atoms with Crippen LogP contribution in [0, 0.1) is 6.92 Å². The Morgan fingerprint density at radius 1 is 1.43 bits per heavy atom. The minimum atomic E-state index is -0.450. The van der Waals surface area contributed by atoms with Gasteiger partial charge in [0.25, 0.3) is 0 Å². The molecular formula is C15H18N4O2. The van der Waals surface area contributed by atoms with Crippen LogP contribution >= 0.6 is 0 Å². The minimum Gasteiger partial charge on any atom is -0.462 e. The molecule has 0 aromatic carbocycles. The number of nitrogen functional groups attached to an aromatic ring is 1. The third-order valence-corrected chi connectivity index (χ3v) is 2.83. The minimum absolute atomic E-state index is 0.299. The van der Waals surface area contributed by atoms with Gasteiger partial charge in [0.1, 0.15) is 5.82 Å². The molecule has 0 unspecified atom stereocenters. The Morgan fingerprint density at radius 3 is 2.95 bits per heavy atom. The van der Waals surface area contributed by atoms with Gasteiger partial charge in [-0.2, -0.15) is 0 Å². The summed E-state index contributed by atoms with van der Waals surface area (Å²) in [6.07, 6.45) is 1.44. The number of esters is 1. The quantitative estimate of drug-likeness (QED) is 0.819. The Bertz CT molecular complexity index is 643. The van der Waals surface area contributed by atoms with Crippen LogP contribution in [0.5, 0.6) is 0 Å². The largest absolute Gasteiger partial charge is 0.462 e. The van der Waals surface area contributed by atoms with Gasteiger partial charge in [-0.15, -0.1) is 0 Å². The number of aromatic nitrogens is 2. The van der Waals surface area contributed by atoms with Crippen molar-refractivity contribution in [2.45, 2.75) is 20.4 Å². The van der Waals surface area contributed by atoms with Crippen molar-refractivity contribution in [3.05, 3.63) is 47.4 Å². The Kier molecular flexibility index (Phi) is 4.71. The van der Waals surface area contributed by atoms with Gasteiger partial charge >= 0.3 is 5.97 Å². The molecule has 2 aromatic rings. The molecule has 6 heteroatoms. The van der Waals surface area contributed by atoms with Gasteiger partial charge in [-0.05, 0) is 32.0 Å². The summed E-state index contributed by atoms with van der Waals surface area (Å²) in [5, 5.41) is 3.12. The van der Waals surface area contributed by atoms with Crippen molar-refractivity contribution in [3.63, 3.8) is 0 Å². The second-order valence-corrected chi connectivity index (χ2v) is 4.50. The first kappa shape index (κ1) is 14.8.